The SMILES string of the molecule is C=C1/C(=C\C(C)=C/C)C(C)(C)c2cc(C)ccc21. The van der Waals surface area contributed by atoms with Gasteiger partial charge in [-0.2, -0.15) is 0 Å². The molecule has 0 amide bonds. The van der Waals surface area contributed by atoms with Crippen molar-refractivity contribution in [2.75, 3.05) is 0 Å². The van der Waals surface area contributed by atoms with Crippen LogP contribution in [0.5, 0.6) is 0 Å². The van der Waals surface area contributed by atoms with E-state index < -0.39 is 0 Å². The normalized spacial score (nSPS) is 20.4. The second kappa shape index (κ2) is 4.28. The lowest BCUT2D eigenvalue weighted by atomic mass is 9.81. The Balaban J connectivity index is 2.65. The lowest BCUT2D eigenvalue weighted by molar-refractivity contribution is 0.659. The van der Waals surface area contributed by atoms with Crippen LogP contribution >= 0.6 is 0 Å². The monoisotopic (exact) mass is 238 g/mol. The molecule has 94 valence electrons. The van der Waals surface area contributed by atoms with E-state index in [1.54, 1.807) is 0 Å². The highest BCUT2D eigenvalue weighted by molar-refractivity contribution is 5.88. The second-order valence-corrected chi connectivity index (χ2v) is 5.74. The summed E-state index contributed by atoms with van der Waals surface area (Å²) in [5, 5.41) is 0. The lowest BCUT2D eigenvalue weighted by Gasteiger charge is -2.22. The molecule has 1 aliphatic rings. The molecule has 0 radical (unpaired) electrons. The predicted octanol–water partition coefficient (Wildman–Crippen LogP) is 5.19. The molecular formula is C18H22. The molecular weight excluding hydrogens is 216 g/mol. The maximum atomic E-state index is 4.29. The Labute approximate surface area is 111 Å². The minimum Gasteiger partial charge on any atom is -0.0908 e. The average molecular weight is 238 g/mol. The van der Waals surface area contributed by atoms with Crippen molar-refractivity contribution in [3.63, 3.8) is 0 Å². The first-order chi connectivity index (χ1) is 8.37. The van der Waals surface area contributed by atoms with Crippen molar-refractivity contribution in [3.8, 4) is 0 Å². The molecule has 0 aliphatic heterocycles. The molecule has 0 aromatic heterocycles. The van der Waals surface area contributed by atoms with Crippen LogP contribution in [0.15, 0.2) is 48.1 Å². The molecule has 0 heteroatoms. The van der Waals surface area contributed by atoms with E-state index in [2.05, 4.69) is 71.5 Å². The smallest absolute Gasteiger partial charge is 0.0158 e. The van der Waals surface area contributed by atoms with Gasteiger partial charge in [-0.05, 0) is 43.0 Å². The largest absolute Gasteiger partial charge is 0.0908 e. The van der Waals surface area contributed by atoms with E-state index in [-0.39, 0.29) is 5.41 Å². The number of benzene rings is 1. The van der Waals surface area contributed by atoms with E-state index >= 15 is 0 Å². The van der Waals surface area contributed by atoms with Crippen molar-refractivity contribution < 1.29 is 0 Å². The van der Waals surface area contributed by atoms with Gasteiger partial charge in [0.05, 0.1) is 0 Å². The summed E-state index contributed by atoms with van der Waals surface area (Å²) in [5.74, 6) is 0. The van der Waals surface area contributed by atoms with E-state index in [9.17, 15) is 0 Å². The summed E-state index contributed by atoms with van der Waals surface area (Å²) >= 11 is 0. The van der Waals surface area contributed by atoms with Crippen LogP contribution in [0.25, 0.3) is 5.57 Å². The van der Waals surface area contributed by atoms with Gasteiger partial charge in [0.15, 0.2) is 0 Å². The van der Waals surface area contributed by atoms with Crippen molar-refractivity contribution in [1.82, 2.24) is 0 Å². The maximum absolute atomic E-state index is 4.29. The van der Waals surface area contributed by atoms with Gasteiger partial charge >= 0.3 is 0 Å². The quantitative estimate of drug-likeness (QED) is 0.631. The Bertz CT molecular complexity index is 566. The van der Waals surface area contributed by atoms with Crippen LogP contribution in [0.1, 0.15) is 44.4 Å². The molecule has 0 bridgehead atoms. The summed E-state index contributed by atoms with van der Waals surface area (Å²) in [6.07, 6.45) is 4.42. The van der Waals surface area contributed by atoms with E-state index in [4.69, 9.17) is 0 Å². The molecule has 1 aliphatic carbocycles. The van der Waals surface area contributed by atoms with Gasteiger partial charge in [-0.25, -0.2) is 0 Å². The van der Waals surface area contributed by atoms with Gasteiger partial charge in [0.2, 0.25) is 0 Å². The molecule has 1 aromatic rings. The third kappa shape index (κ3) is 1.86. The zero-order valence-corrected chi connectivity index (χ0v) is 12.1. The van der Waals surface area contributed by atoms with Gasteiger partial charge < -0.3 is 0 Å². The number of hydrogen-bond donors (Lipinski definition) is 0. The highest BCUT2D eigenvalue weighted by atomic mass is 14.4. The molecule has 0 nitrogen and oxygen atoms in total. The molecule has 0 saturated carbocycles. The van der Waals surface area contributed by atoms with Crippen LogP contribution < -0.4 is 0 Å². The van der Waals surface area contributed by atoms with E-state index in [1.165, 1.54) is 33.4 Å². The van der Waals surface area contributed by atoms with E-state index in [0.717, 1.165) is 0 Å². The van der Waals surface area contributed by atoms with Gasteiger partial charge in [0.25, 0.3) is 0 Å². The van der Waals surface area contributed by atoms with Gasteiger partial charge in [-0.3, -0.25) is 0 Å². The summed E-state index contributed by atoms with van der Waals surface area (Å²) in [6, 6.07) is 6.68. The Morgan fingerprint density at radius 2 is 1.94 bits per heavy atom. The first kappa shape index (κ1) is 12.9. The Hall–Kier alpha value is -1.56. The lowest BCUT2D eigenvalue weighted by Crippen LogP contribution is -2.15. The Morgan fingerprint density at radius 1 is 1.28 bits per heavy atom. The van der Waals surface area contributed by atoms with Crippen molar-refractivity contribution >= 4 is 5.57 Å². The van der Waals surface area contributed by atoms with Gasteiger partial charge in [-0.15, -0.1) is 0 Å². The Morgan fingerprint density at radius 3 is 2.56 bits per heavy atom. The van der Waals surface area contributed by atoms with Crippen LogP contribution in [0.3, 0.4) is 0 Å². The van der Waals surface area contributed by atoms with E-state index in [0.29, 0.717) is 0 Å². The van der Waals surface area contributed by atoms with Crippen molar-refractivity contribution in [2.24, 2.45) is 0 Å². The summed E-state index contributed by atoms with van der Waals surface area (Å²) in [7, 11) is 0. The molecule has 0 unspecified atom stereocenters. The van der Waals surface area contributed by atoms with Crippen molar-refractivity contribution in [2.45, 2.75) is 40.0 Å². The fourth-order valence-corrected chi connectivity index (χ4v) is 2.68. The van der Waals surface area contributed by atoms with Gasteiger partial charge in [0.1, 0.15) is 0 Å². The third-order valence-electron chi connectivity index (χ3n) is 4.00. The highest BCUT2D eigenvalue weighted by Crippen LogP contribution is 2.49. The molecule has 0 spiro atoms. The Kier molecular flexibility index (Phi) is 3.06. The third-order valence-corrected chi connectivity index (χ3v) is 4.00. The van der Waals surface area contributed by atoms with Crippen LogP contribution in [0.4, 0.5) is 0 Å². The molecule has 2 rings (SSSR count). The van der Waals surface area contributed by atoms with Crippen LogP contribution in [-0.4, -0.2) is 0 Å². The molecule has 0 atom stereocenters. The van der Waals surface area contributed by atoms with Crippen molar-refractivity contribution in [1.29, 1.82) is 0 Å². The zero-order chi connectivity index (χ0) is 13.5. The number of allylic oxidation sites excluding steroid dienone is 5. The fraction of sp³-hybridized carbons (Fsp3) is 0.333. The number of aryl methyl sites for hydroxylation is 1. The summed E-state index contributed by atoms with van der Waals surface area (Å²) in [5.41, 5.74) is 7.91. The first-order valence-corrected chi connectivity index (χ1v) is 6.53. The topological polar surface area (TPSA) is 0 Å². The van der Waals surface area contributed by atoms with Crippen LogP contribution in [0.2, 0.25) is 0 Å². The number of fused-ring (bicyclic) bond motifs is 1. The average Bonchev–Trinajstić information content (AvgIpc) is 2.50. The molecule has 0 heterocycles. The summed E-state index contributed by atoms with van der Waals surface area (Å²) < 4.78 is 0. The minimum atomic E-state index is 0.0582. The number of hydrogen-bond acceptors (Lipinski definition) is 0. The van der Waals surface area contributed by atoms with E-state index in [1.807, 2.05) is 0 Å². The number of rotatable bonds is 1. The molecule has 0 N–H and O–H groups in total. The molecule has 0 saturated heterocycles. The fourth-order valence-electron chi connectivity index (χ4n) is 2.68. The van der Waals surface area contributed by atoms with Gasteiger partial charge in [0, 0.05) is 5.41 Å². The second-order valence-electron chi connectivity index (χ2n) is 5.74. The van der Waals surface area contributed by atoms with Crippen LogP contribution in [0, 0.1) is 6.92 Å². The molecule has 1 aromatic carbocycles. The predicted molar refractivity (Wildman–Crippen MR) is 80.8 cm³/mol. The maximum Gasteiger partial charge on any atom is 0.0158 e. The standard InChI is InChI=1S/C18H22/c1-7-12(2)10-16-14(4)15-9-8-13(3)11-17(15)18(16,5)6/h7-11H,4H2,1-3,5-6H3/b12-7-,16-10+. The molecule has 18 heavy (non-hydrogen) atoms. The first-order valence-electron chi connectivity index (χ1n) is 6.53. The van der Waals surface area contributed by atoms with Crippen LogP contribution in [-0.2, 0) is 5.41 Å². The molecule has 0 fully saturated rings. The van der Waals surface area contributed by atoms with Crippen molar-refractivity contribution in [3.05, 3.63) is 64.8 Å². The minimum absolute atomic E-state index is 0.0582. The summed E-state index contributed by atoms with van der Waals surface area (Å²) in [6.45, 7) is 15.2. The zero-order valence-electron chi connectivity index (χ0n) is 12.1. The summed E-state index contributed by atoms with van der Waals surface area (Å²) in [4.78, 5) is 0. The highest BCUT2D eigenvalue weighted by Gasteiger charge is 2.36. The van der Waals surface area contributed by atoms with Gasteiger partial charge in [-0.1, -0.05) is 61.9 Å².